The Labute approximate surface area is 263 Å². The van der Waals surface area contributed by atoms with Gasteiger partial charge in [0.05, 0.1) is 11.2 Å². The minimum atomic E-state index is -0.227. The van der Waals surface area contributed by atoms with Crippen molar-refractivity contribution in [3.8, 4) is 11.3 Å². The summed E-state index contributed by atoms with van der Waals surface area (Å²) in [6.07, 6.45) is 5.26. The Morgan fingerprint density at radius 2 is 1.51 bits per heavy atom. The third-order valence-corrected chi connectivity index (χ3v) is 9.53. The second-order valence-electron chi connectivity index (χ2n) is 12.5. The van der Waals surface area contributed by atoms with Gasteiger partial charge >= 0.3 is 0 Å². The van der Waals surface area contributed by atoms with E-state index >= 15 is 0 Å². The van der Waals surface area contributed by atoms with Crippen LogP contribution in [0.3, 0.4) is 0 Å². The molecule has 1 amide bonds. The molecule has 5 aromatic rings. The van der Waals surface area contributed by atoms with Crippen LogP contribution < -0.4 is 10.6 Å². The number of carbonyl (C=O) groups is 2. The van der Waals surface area contributed by atoms with E-state index in [0.29, 0.717) is 47.2 Å². The van der Waals surface area contributed by atoms with Crippen molar-refractivity contribution in [1.82, 2.24) is 14.9 Å². The molecule has 2 N–H and O–H groups in total. The van der Waals surface area contributed by atoms with E-state index in [-0.39, 0.29) is 11.7 Å². The van der Waals surface area contributed by atoms with Gasteiger partial charge in [-0.15, -0.1) is 0 Å². The van der Waals surface area contributed by atoms with Crippen LogP contribution in [0.4, 0.5) is 17.3 Å². The monoisotopic (exact) mass is 595 g/mol. The van der Waals surface area contributed by atoms with Crippen LogP contribution in [-0.4, -0.2) is 45.7 Å². The first-order valence-corrected chi connectivity index (χ1v) is 15.8. The number of ketones is 1. The zero-order chi connectivity index (χ0) is 30.9. The molecule has 4 aromatic carbocycles. The number of benzene rings is 4. The first-order valence-electron chi connectivity index (χ1n) is 15.8. The molecule has 3 heterocycles. The molecule has 2 unspecified atom stereocenters. The van der Waals surface area contributed by atoms with E-state index in [1.54, 1.807) is 12.1 Å². The maximum Gasteiger partial charge on any atom is 0.255 e. The third kappa shape index (κ3) is 6.08. The average Bonchev–Trinajstić information content (AvgIpc) is 3.25. The van der Waals surface area contributed by atoms with Crippen molar-refractivity contribution in [2.75, 3.05) is 17.7 Å². The van der Waals surface area contributed by atoms with Gasteiger partial charge in [-0.1, -0.05) is 60.7 Å². The number of aryl methyl sites for hydroxylation is 1. The lowest BCUT2D eigenvalue weighted by Gasteiger charge is -2.36. The molecule has 2 aliphatic rings. The summed E-state index contributed by atoms with van der Waals surface area (Å²) in [7, 11) is 2.22. The van der Waals surface area contributed by atoms with E-state index in [9.17, 15) is 9.59 Å². The summed E-state index contributed by atoms with van der Waals surface area (Å²) in [5, 5.41) is 7.31. The first-order chi connectivity index (χ1) is 21.9. The Balaban J connectivity index is 1.03. The summed E-state index contributed by atoms with van der Waals surface area (Å²) >= 11 is 0. The number of piperidine rings is 1. The molecule has 0 saturated carbocycles. The van der Waals surface area contributed by atoms with Gasteiger partial charge < -0.3 is 15.5 Å². The summed E-state index contributed by atoms with van der Waals surface area (Å²) in [5.74, 6) is 0.841. The Morgan fingerprint density at radius 3 is 2.27 bits per heavy atom. The van der Waals surface area contributed by atoms with Gasteiger partial charge in [0, 0.05) is 52.0 Å². The molecule has 2 atom stereocenters. The topological polar surface area (TPSA) is 87.2 Å². The van der Waals surface area contributed by atoms with Crippen LogP contribution in [0, 0.1) is 12.8 Å². The molecule has 7 nitrogen and oxygen atoms in total. The average molecular weight is 596 g/mol. The van der Waals surface area contributed by atoms with Crippen LogP contribution >= 0.6 is 0 Å². The minimum Gasteiger partial charge on any atom is -0.324 e. The number of amides is 1. The Bertz CT molecular complexity index is 1860. The van der Waals surface area contributed by atoms with Gasteiger partial charge in [-0.3, -0.25) is 9.59 Å². The van der Waals surface area contributed by atoms with Gasteiger partial charge in [0.25, 0.3) is 5.91 Å². The smallest absolute Gasteiger partial charge is 0.255 e. The lowest BCUT2D eigenvalue weighted by Crippen LogP contribution is -2.40. The van der Waals surface area contributed by atoms with Crippen LogP contribution in [0.15, 0.2) is 97.1 Å². The summed E-state index contributed by atoms with van der Waals surface area (Å²) in [4.78, 5) is 38.6. The Kier molecular flexibility index (Phi) is 7.86. The molecule has 0 aliphatic carbocycles. The zero-order valence-electron chi connectivity index (χ0n) is 25.7. The quantitative estimate of drug-likeness (QED) is 0.177. The Morgan fingerprint density at radius 1 is 0.822 bits per heavy atom. The minimum absolute atomic E-state index is 0.154. The maximum absolute atomic E-state index is 13.3. The van der Waals surface area contributed by atoms with Crippen molar-refractivity contribution in [3.63, 3.8) is 0 Å². The lowest BCUT2D eigenvalue weighted by molar-refractivity contribution is 0.0881. The highest BCUT2D eigenvalue weighted by molar-refractivity contribution is 6.06. The van der Waals surface area contributed by atoms with E-state index in [0.717, 1.165) is 46.3 Å². The zero-order valence-corrected chi connectivity index (χ0v) is 25.7. The molecule has 2 bridgehead atoms. The van der Waals surface area contributed by atoms with Gasteiger partial charge in [0.2, 0.25) is 5.95 Å². The van der Waals surface area contributed by atoms with E-state index in [4.69, 9.17) is 9.97 Å². The molecule has 7 rings (SSSR count). The molecule has 0 spiro atoms. The summed E-state index contributed by atoms with van der Waals surface area (Å²) < 4.78 is 0. The molecule has 0 radical (unpaired) electrons. The van der Waals surface area contributed by atoms with Gasteiger partial charge in [-0.05, 0) is 87.5 Å². The number of Topliss-reactive ketones (excluding diaryl/α,β-unsaturated/α-hetero) is 1. The number of nitrogens with zero attached hydrogens (tertiary/aromatic N) is 3. The standard InChI is InChI=1S/C38H37N5O2/c1-24-12-13-28(35(44)22-25-20-30-18-19-31(21-25)43(30)2)23-34(24)40-37(45)27-14-16-29(17-15-27)39-38-41-33-11-7-6-10-32(33)36(42-38)26-8-4-3-5-9-26/h3-17,23,25,30-31H,18-22H2,1-2H3,(H,40,45)(H,39,41,42). The number of para-hydroxylation sites is 1. The van der Waals surface area contributed by atoms with Gasteiger partial charge in [-0.2, -0.15) is 0 Å². The molecule has 45 heavy (non-hydrogen) atoms. The molecule has 2 saturated heterocycles. The second kappa shape index (κ2) is 12.3. The predicted octanol–water partition coefficient (Wildman–Crippen LogP) is 8.05. The largest absolute Gasteiger partial charge is 0.324 e. The van der Waals surface area contributed by atoms with Crippen LogP contribution in [0.5, 0.6) is 0 Å². The number of carbonyl (C=O) groups excluding carboxylic acids is 2. The summed E-state index contributed by atoms with van der Waals surface area (Å²) in [5.41, 5.74) is 6.24. The van der Waals surface area contributed by atoms with Crippen LogP contribution in [0.25, 0.3) is 22.2 Å². The molecule has 2 fully saturated rings. The fourth-order valence-corrected chi connectivity index (χ4v) is 6.98. The van der Waals surface area contributed by atoms with Gasteiger partial charge in [-0.25, -0.2) is 9.97 Å². The third-order valence-electron chi connectivity index (χ3n) is 9.53. The van der Waals surface area contributed by atoms with E-state index in [1.165, 1.54) is 12.8 Å². The van der Waals surface area contributed by atoms with Crippen molar-refractivity contribution in [2.45, 2.75) is 51.1 Å². The first kappa shape index (κ1) is 28.9. The summed E-state index contributed by atoms with van der Waals surface area (Å²) in [6.45, 7) is 1.94. The number of anilines is 3. The number of fused-ring (bicyclic) bond motifs is 3. The number of aromatic nitrogens is 2. The van der Waals surface area contributed by atoms with Crippen molar-refractivity contribution in [2.24, 2.45) is 5.92 Å². The molecule has 2 aliphatic heterocycles. The Hall–Kier alpha value is -4.88. The number of hydrogen-bond acceptors (Lipinski definition) is 6. The lowest BCUT2D eigenvalue weighted by atomic mass is 9.86. The van der Waals surface area contributed by atoms with Crippen LogP contribution in [0.2, 0.25) is 0 Å². The highest BCUT2D eigenvalue weighted by Crippen LogP contribution is 2.39. The maximum atomic E-state index is 13.3. The van der Waals surface area contributed by atoms with Crippen LogP contribution in [-0.2, 0) is 0 Å². The van der Waals surface area contributed by atoms with Gasteiger partial charge in [0.15, 0.2) is 5.78 Å². The fraction of sp³-hybridized carbons (Fsp3) is 0.263. The van der Waals surface area contributed by atoms with E-state index in [1.807, 2.05) is 91.9 Å². The highest BCUT2D eigenvalue weighted by atomic mass is 16.1. The molecular weight excluding hydrogens is 558 g/mol. The fourth-order valence-electron chi connectivity index (χ4n) is 6.98. The number of nitrogens with one attached hydrogen (secondary N) is 2. The normalized spacial score (nSPS) is 19.4. The van der Waals surface area contributed by atoms with Crippen LogP contribution in [0.1, 0.15) is 58.4 Å². The molecule has 7 heteroatoms. The number of hydrogen-bond donors (Lipinski definition) is 2. The molecule has 1 aromatic heterocycles. The second-order valence-corrected chi connectivity index (χ2v) is 12.5. The van der Waals surface area contributed by atoms with Crippen molar-refractivity contribution >= 4 is 39.9 Å². The molecular formula is C38H37N5O2. The molecule has 226 valence electrons. The number of rotatable bonds is 8. The van der Waals surface area contributed by atoms with E-state index < -0.39 is 0 Å². The predicted molar refractivity (Wildman–Crippen MR) is 180 cm³/mol. The van der Waals surface area contributed by atoms with E-state index in [2.05, 4.69) is 22.6 Å². The van der Waals surface area contributed by atoms with Crippen molar-refractivity contribution in [3.05, 3.63) is 114 Å². The SMILES string of the molecule is Cc1ccc(C(=O)CC2CC3CCC(C2)N3C)cc1NC(=O)c1ccc(Nc2nc(-c3ccccc3)c3ccccc3n2)cc1. The van der Waals surface area contributed by atoms with Gasteiger partial charge in [0.1, 0.15) is 0 Å². The van der Waals surface area contributed by atoms with Crippen molar-refractivity contribution < 1.29 is 9.59 Å². The highest BCUT2D eigenvalue weighted by Gasteiger charge is 2.38. The van der Waals surface area contributed by atoms with Crippen molar-refractivity contribution in [1.29, 1.82) is 0 Å². The summed E-state index contributed by atoms with van der Waals surface area (Å²) in [6, 6.07) is 32.1.